The molecule has 0 saturated carbocycles. The third-order valence-corrected chi connectivity index (χ3v) is 6.33. The van der Waals surface area contributed by atoms with Gasteiger partial charge in [-0.1, -0.05) is 24.3 Å². The number of rotatable bonds is 8. The number of hydrogen-bond acceptors (Lipinski definition) is 9. The van der Waals surface area contributed by atoms with E-state index < -0.39 is 35.1 Å². The van der Waals surface area contributed by atoms with Gasteiger partial charge < -0.3 is 14.2 Å². The van der Waals surface area contributed by atoms with Crippen molar-refractivity contribution in [3.8, 4) is 11.5 Å². The van der Waals surface area contributed by atoms with Crippen molar-refractivity contribution in [3.63, 3.8) is 0 Å². The van der Waals surface area contributed by atoms with Crippen molar-refractivity contribution in [3.05, 3.63) is 86.1 Å². The van der Waals surface area contributed by atoms with Crippen LogP contribution in [-0.2, 0) is 9.53 Å². The van der Waals surface area contributed by atoms with Gasteiger partial charge in [0.15, 0.2) is 18.1 Å². The van der Waals surface area contributed by atoms with Gasteiger partial charge in [-0.05, 0) is 35.2 Å². The minimum atomic E-state index is -0.963. The van der Waals surface area contributed by atoms with Crippen LogP contribution in [0.2, 0.25) is 0 Å². The molecule has 1 unspecified atom stereocenters. The molecule has 0 fully saturated rings. The molecule has 0 aliphatic carbocycles. The summed E-state index contributed by atoms with van der Waals surface area (Å²) in [7, 11) is 3.06. The average Bonchev–Trinajstić information content (AvgIpc) is 3.57. The number of hydrogen-bond donors (Lipinski definition) is 0. The lowest BCUT2D eigenvalue weighted by molar-refractivity contribution is -0.385. The van der Waals surface area contributed by atoms with Gasteiger partial charge in [-0.15, -0.1) is 11.3 Å². The fraction of sp³-hybridized carbons (Fsp3) is 0.208. The summed E-state index contributed by atoms with van der Waals surface area (Å²) in [6.45, 7) is -0.629. The van der Waals surface area contributed by atoms with Gasteiger partial charge >= 0.3 is 5.97 Å². The highest BCUT2D eigenvalue weighted by molar-refractivity contribution is 7.12. The molecule has 0 bridgehead atoms. The zero-order valence-electron chi connectivity index (χ0n) is 18.9. The van der Waals surface area contributed by atoms with Crippen LogP contribution in [-0.4, -0.2) is 48.3 Å². The van der Waals surface area contributed by atoms with Crippen molar-refractivity contribution < 1.29 is 28.7 Å². The molecule has 0 spiro atoms. The van der Waals surface area contributed by atoms with Crippen molar-refractivity contribution in [2.24, 2.45) is 5.10 Å². The maximum Gasteiger partial charge on any atom is 0.345 e. The molecule has 0 radical (unpaired) electrons. The Kier molecular flexibility index (Phi) is 7.06. The van der Waals surface area contributed by atoms with Crippen LogP contribution in [0.1, 0.15) is 33.3 Å². The Morgan fingerprint density at radius 3 is 2.57 bits per heavy atom. The molecule has 1 aliphatic heterocycles. The first kappa shape index (κ1) is 23.9. The first-order valence-electron chi connectivity index (χ1n) is 10.5. The Balaban J connectivity index is 1.57. The second-order valence-corrected chi connectivity index (χ2v) is 8.39. The number of ether oxygens (including phenoxy) is 3. The third-order valence-electron chi connectivity index (χ3n) is 5.41. The van der Waals surface area contributed by atoms with E-state index in [9.17, 15) is 19.7 Å². The second kappa shape index (κ2) is 10.3. The molecule has 4 rings (SSSR count). The predicted octanol–water partition coefficient (Wildman–Crippen LogP) is 4.21. The molecule has 1 amide bonds. The summed E-state index contributed by atoms with van der Waals surface area (Å²) in [5.41, 5.74) is 0.854. The molecule has 2 aromatic carbocycles. The molecular weight excluding hydrogens is 474 g/mol. The molecule has 1 aromatic heterocycles. The van der Waals surface area contributed by atoms with Gasteiger partial charge in [0.25, 0.3) is 11.6 Å². The maximum absolute atomic E-state index is 13.1. The Bertz CT molecular complexity index is 1290. The number of esters is 1. The number of hydrazone groups is 1. The number of nitrogens with zero attached hydrogens (tertiary/aromatic N) is 3. The lowest BCUT2D eigenvalue weighted by Crippen LogP contribution is -2.31. The van der Waals surface area contributed by atoms with Crippen LogP contribution in [0.3, 0.4) is 0 Å². The van der Waals surface area contributed by atoms with E-state index in [1.807, 2.05) is 23.6 Å². The van der Waals surface area contributed by atoms with Crippen molar-refractivity contribution >= 4 is 34.6 Å². The number of thiophene rings is 1. The molecule has 0 N–H and O–H groups in total. The second-order valence-electron chi connectivity index (χ2n) is 7.45. The van der Waals surface area contributed by atoms with E-state index in [0.717, 1.165) is 16.2 Å². The van der Waals surface area contributed by atoms with Crippen molar-refractivity contribution in [2.45, 2.75) is 12.5 Å². The summed E-state index contributed by atoms with van der Waals surface area (Å²) in [5, 5.41) is 18.9. The molecule has 35 heavy (non-hydrogen) atoms. The van der Waals surface area contributed by atoms with E-state index >= 15 is 0 Å². The molecule has 10 nitrogen and oxygen atoms in total. The zero-order valence-corrected chi connectivity index (χ0v) is 19.7. The molecular formula is C24H21N3O7S. The van der Waals surface area contributed by atoms with E-state index in [4.69, 9.17) is 14.2 Å². The number of para-hydroxylation sites is 1. The SMILES string of the molecule is COc1ccc(C2CC(c3cccs3)=NN2C(=O)COC(=O)c2ccccc2[N+](=O)[O-])cc1OC. The number of methoxy groups -OCH3 is 2. The number of benzene rings is 2. The normalized spacial score (nSPS) is 14.9. The number of carbonyl (C=O) groups excluding carboxylic acids is 2. The van der Waals surface area contributed by atoms with Crippen LogP contribution in [0, 0.1) is 10.1 Å². The third kappa shape index (κ3) is 4.99. The minimum Gasteiger partial charge on any atom is -0.493 e. The fourth-order valence-corrected chi connectivity index (χ4v) is 4.45. The highest BCUT2D eigenvalue weighted by atomic mass is 32.1. The van der Waals surface area contributed by atoms with Crippen LogP contribution in [0.4, 0.5) is 5.69 Å². The topological polar surface area (TPSA) is 121 Å². The van der Waals surface area contributed by atoms with Gasteiger partial charge in [-0.2, -0.15) is 5.10 Å². The number of carbonyl (C=O) groups is 2. The zero-order chi connectivity index (χ0) is 24.9. The molecule has 1 atom stereocenters. The Labute approximate surface area is 204 Å². The average molecular weight is 496 g/mol. The number of amides is 1. The quantitative estimate of drug-likeness (QED) is 0.261. The summed E-state index contributed by atoms with van der Waals surface area (Å²) in [5.74, 6) is -0.479. The first-order chi connectivity index (χ1) is 16.9. The van der Waals surface area contributed by atoms with Crippen LogP contribution in [0.15, 0.2) is 65.1 Å². The lowest BCUT2D eigenvalue weighted by atomic mass is 10.0. The van der Waals surface area contributed by atoms with Crippen molar-refractivity contribution in [1.82, 2.24) is 5.01 Å². The van der Waals surface area contributed by atoms with Gasteiger partial charge in [0.05, 0.1) is 35.8 Å². The van der Waals surface area contributed by atoms with Crippen LogP contribution in [0.5, 0.6) is 11.5 Å². The van der Waals surface area contributed by atoms with Gasteiger partial charge in [0.1, 0.15) is 5.56 Å². The van der Waals surface area contributed by atoms with Crippen molar-refractivity contribution in [2.75, 3.05) is 20.8 Å². The van der Waals surface area contributed by atoms with E-state index in [1.165, 1.54) is 54.8 Å². The number of nitro benzene ring substituents is 1. The van der Waals surface area contributed by atoms with E-state index in [2.05, 4.69) is 5.10 Å². The maximum atomic E-state index is 13.1. The summed E-state index contributed by atoms with van der Waals surface area (Å²) >= 11 is 1.50. The summed E-state index contributed by atoms with van der Waals surface area (Å²) < 4.78 is 15.8. The molecule has 180 valence electrons. The van der Waals surface area contributed by atoms with E-state index in [1.54, 1.807) is 12.1 Å². The Morgan fingerprint density at radius 2 is 1.89 bits per heavy atom. The smallest absolute Gasteiger partial charge is 0.345 e. The monoisotopic (exact) mass is 495 g/mol. The van der Waals surface area contributed by atoms with Crippen molar-refractivity contribution in [1.29, 1.82) is 0 Å². The Morgan fingerprint density at radius 1 is 1.11 bits per heavy atom. The lowest BCUT2D eigenvalue weighted by Gasteiger charge is -2.22. The summed E-state index contributed by atoms with van der Waals surface area (Å²) in [6.07, 6.45) is 0.444. The fourth-order valence-electron chi connectivity index (χ4n) is 3.73. The molecule has 2 heterocycles. The van der Waals surface area contributed by atoms with E-state index in [0.29, 0.717) is 17.9 Å². The summed E-state index contributed by atoms with van der Waals surface area (Å²) in [6, 6.07) is 14.1. The first-order valence-corrected chi connectivity index (χ1v) is 11.4. The van der Waals surface area contributed by atoms with Crippen LogP contribution >= 0.6 is 11.3 Å². The number of nitro groups is 1. The predicted molar refractivity (Wildman–Crippen MR) is 128 cm³/mol. The van der Waals surface area contributed by atoms with Gasteiger partial charge in [-0.3, -0.25) is 14.9 Å². The molecule has 0 saturated heterocycles. The van der Waals surface area contributed by atoms with Gasteiger partial charge in [0.2, 0.25) is 0 Å². The van der Waals surface area contributed by atoms with E-state index in [-0.39, 0.29) is 5.56 Å². The van der Waals surface area contributed by atoms with Gasteiger partial charge in [-0.25, -0.2) is 9.80 Å². The Hall–Kier alpha value is -4.25. The highest BCUT2D eigenvalue weighted by Crippen LogP contribution is 2.38. The standard InChI is InChI=1S/C24H21N3O7S/c1-32-20-10-9-15(12-21(20)33-2)19-13-17(22-8-5-11-35-22)25-26(19)23(28)14-34-24(29)16-6-3-4-7-18(16)27(30)31/h3-12,19H,13-14H2,1-2H3. The largest absolute Gasteiger partial charge is 0.493 e. The molecule has 11 heteroatoms. The summed E-state index contributed by atoms with van der Waals surface area (Å²) in [4.78, 5) is 37.1. The van der Waals surface area contributed by atoms with Crippen LogP contribution in [0.25, 0.3) is 0 Å². The molecule has 3 aromatic rings. The van der Waals surface area contributed by atoms with Crippen LogP contribution < -0.4 is 9.47 Å². The molecule has 1 aliphatic rings. The van der Waals surface area contributed by atoms with Gasteiger partial charge in [0, 0.05) is 12.5 Å². The highest BCUT2D eigenvalue weighted by Gasteiger charge is 2.34. The minimum absolute atomic E-state index is 0.231.